The number of aryl methyl sites for hydroxylation is 1. The molecule has 1 unspecified atom stereocenters. The molecular weight excluding hydrogens is 296 g/mol. The third-order valence-electron chi connectivity index (χ3n) is 3.32. The van der Waals surface area contributed by atoms with Crippen molar-refractivity contribution >= 4 is 28.7 Å². The zero-order valence-corrected chi connectivity index (χ0v) is 12.4. The number of anilines is 3. The number of nitrogen functional groups attached to an aromatic ring is 2. The molecule has 0 amide bonds. The van der Waals surface area contributed by atoms with Gasteiger partial charge in [-0.2, -0.15) is 0 Å². The number of nitrogens with one attached hydrogen (secondary N) is 1. The molecule has 0 saturated carbocycles. The van der Waals surface area contributed by atoms with Gasteiger partial charge in [-0.1, -0.05) is 23.7 Å². The van der Waals surface area contributed by atoms with E-state index in [0.717, 1.165) is 0 Å². The molecule has 0 aliphatic rings. The van der Waals surface area contributed by atoms with Gasteiger partial charge < -0.3 is 16.8 Å². The molecule has 2 aromatic carbocycles. The Morgan fingerprint density at radius 2 is 1.81 bits per heavy atom. The monoisotopic (exact) mass is 311 g/mol. The van der Waals surface area contributed by atoms with E-state index < -0.39 is 5.82 Å². The minimum Gasteiger partial charge on any atom is -0.397 e. The van der Waals surface area contributed by atoms with Crippen LogP contribution in [0.25, 0.3) is 0 Å². The second-order valence-electron chi connectivity index (χ2n) is 4.93. The summed E-state index contributed by atoms with van der Waals surface area (Å²) >= 11 is 5.77. The van der Waals surface area contributed by atoms with Crippen molar-refractivity contribution in [1.82, 2.24) is 0 Å². The first-order valence-electron chi connectivity index (χ1n) is 6.36. The van der Waals surface area contributed by atoms with Gasteiger partial charge in [-0.3, -0.25) is 0 Å². The van der Waals surface area contributed by atoms with Crippen LogP contribution in [0.2, 0.25) is 5.02 Å². The van der Waals surface area contributed by atoms with E-state index in [0.29, 0.717) is 11.1 Å². The lowest BCUT2D eigenvalue weighted by Gasteiger charge is -2.19. The SMILES string of the molecule is Cc1ccc(C(C)Nc2c(N)cc(N)c(Cl)c2F)cc1F. The molecule has 6 heteroatoms. The van der Waals surface area contributed by atoms with Crippen LogP contribution in [-0.2, 0) is 0 Å². The summed E-state index contributed by atoms with van der Waals surface area (Å²) in [5.41, 5.74) is 12.8. The van der Waals surface area contributed by atoms with Crippen molar-refractivity contribution in [2.24, 2.45) is 0 Å². The van der Waals surface area contributed by atoms with E-state index >= 15 is 0 Å². The highest BCUT2D eigenvalue weighted by Gasteiger charge is 2.17. The molecule has 0 spiro atoms. The Balaban J connectivity index is 2.33. The van der Waals surface area contributed by atoms with Gasteiger partial charge >= 0.3 is 0 Å². The Kier molecular flexibility index (Phi) is 4.23. The minimum atomic E-state index is -0.714. The molecule has 0 radical (unpaired) electrons. The molecule has 0 aromatic heterocycles. The van der Waals surface area contributed by atoms with Crippen molar-refractivity contribution in [3.63, 3.8) is 0 Å². The smallest absolute Gasteiger partial charge is 0.169 e. The van der Waals surface area contributed by atoms with Crippen LogP contribution in [0.3, 0.4) is 0 Å². The summed E-state index contributed by atoms with van der Waals surface area (Å²) in [7, 11) is 0. The number of hydrogen-bond donors (Lipinski definition) is 3. The molecular formula is C15H16ClF2N3. The third-order valence-corrected chi connectivity index (χ3v) is 3.71. The van der Waals surface area contributed by atoms with Crippen LogP contribution in [0, 0.1) is 18.6 Å². The first-order chi connectivity index (χ1) is 9.81. The van der Waals surface area contributed by atoms with Crippen LogP contribution < -0.4 is 16.8 Å². The van der Waals surface area contributed by atoms with Crippen molar-refractivity contribution in [2.45, 2.75) is 19.9 Å². The third kappa shape index (κ3) is 3.03. The lowest BCUT2D eigenvalue weighted by Crippen LogP contribution is -2.11. The summed E-state index contributed by atoms with van der Waals surface area (Å²) in [4.78, 5) is 0. The first kappa shape index (κ1) is 15.4. The van der Waals surface area contributed by atoms with Crippen molar-refractivity contribution in [2.75, 3.05) is 16.8 Å². The molecule has 2 aromatic rings. The van der Waals surface area contributed by atoms with E-state index in [2.05, 4.69) is 5.32 Å². The summed E-state index contributed by atoms with van der Waals surface area (Å²) in [6, 6.07) is 5.87. The predicted octanol–water partition coefficient (Wildman–Crippen LogP) is 4.26. The minimum absolute atomic E-state index is 0.0580. The molecule has 0 fully saturated rings. The van der Waals surface area contributed by atoms with Crippen molar-refractivity contribution in [1.29, 1.82) is 0 Å². The average Bonchev–Trinajstić information content (AvgIpc) is 2.44. The lowest BCUT2D eigenvalue weighted by atomic mass is 10.1. The maximum atomic E-state index is 14.1. The second kappa shape index (κ2) is 5.77. The molecule has 0 aliphatic carbocycles. The Morgan fingerprint density at radius 3 is 2.43 bits per heavy atom. The summed E-state index contributed by atoms with van der Waals surface area (Å²) < 4.78 is 27.7. The summed E-state index contributed by atoms with van der Waals surface area (Å²) in [5, 5.41) is 2.72. The fraction of sp³-hybridized carbons (Fsp3) is 0.200. The molecule has 1 atom stereocenters. The molecule has 0 bridgehead atoms. The zero-order valence-electron chi connectivity index (χ0n) is 11.7. The van der Waals surface area contributed by atoms with Gasteiger partial charge in [-0.05, 0) is 37.1 Å². The number of benzene rings is 2. The van der Waals surface area contributed by atoms with Gasteiger partial charge in [0.05, 0.1) is 17.1 Å². The highest BCUT2D eigenvalue weighted by Crippen LogP contribution is 2.35. The number of nitrogens with two attached hydrogens (primary N) is 2. The molecule has 0 saturated heterocycles. The van der Waals surface area contributed by atoms with Gasteiger partial charge in [0.25, 0.3) is 0 Å². The van der Waals surface area contributed by atoms with Crippen LogP contribution >= 0.6 is 11.6 Å². The van der Waals surface area contributed by atoms with E-state index in [-0.39, 0.29) is 33.9 Å². The van der Waals surface area contributed by atoms with Gasteiger partial charge in [-0.15, -0.1) is 0 Å². The molecule has 5 N–H and O–H groups in total. The van der Waals surface area contributed by atoms with E-state index in [9.17, 15) is 8.78 Å². The molecule has 21 heavy (non-hydrogen) atoms. The zero-order chi connectivity index (χ0) is 15.7. The highest BCUT2D eigenvalue weighted by molar-refractivity contribution is 6.33. The lowest BCUT2D eigenvalue weighted by molar-refractivity contribution is 0.613. The van der Waals surface area contributed by atoms with Crippen LogP contribution in [0.1, 0.15) is 24.1 Å². The fourth-order valence-electron chi connectivity index (χ4n) is 1.99. The van der Waals surface area contributed by atoms with E-state index in [1.807, 2.05) is 0 Å². The maximum absolute atomic E-state index is 14.1. The second-order valence-corrected chi connectivity index (χ2v) is 5.31. The van der Waals surface area contributed by atoms with Crippen molar-refractivity contribution in [3.05, 3.63) is 52.0 Å². The van der Waals surface area contributed by atoms with Gasteiger partial charge in [0.1, 0.15) is 10.8 Å². The Labute approximate surface area is 126 Å². The molecule has 0 aliphatic heterocycles. The highest BCUT2D eigenvalue weighted by atomic mass is 35.5. The molecule has 0 heterocycles. The van der Waals surface area contributed by atoms with Gasteiger partial charge in [-0.25, -0.2) is 8.78 Å². The Hall–Kier alpha value is -2.01. The topological polar surface area (TPSA) is 64.1 Å². The average molecular weight is 312 g/mol. The quantitative estimate of drug-likeness (QED) is 0.742. The maximum Gasteiger partial charge on any atom is 0.169 e. The van der Waals surface area contributed by atoms with Crippen LogP contribution in [-0.4, -0.2) is 0 Å². The van der Waals surface area contributed by atoms with Gasteiger partial charge in [0, 0.05) is 6.04 Å². The molecule has 2 rings (SSSR count). The number of rotatable bonds is 3. The summed E-state index contributed by atoms with van der Waals surface area (Å²) in [6.45, 7) is 3.45. The van der Waals surface area contributed by atoms with E-state index in [1.165, 1.54) is 12.1 Å². The normalized spacial score (nSPS) is 12.2. The Morgan fingerprint density at radius 1 is 1.14 bits per heavy atom. The van der Waals surface area contributed by atoms with Crippen LogP contribution in [0.15, 0.2) is 24.3 Å². The fourth-order valence-corrected chi connectivity index (χ4v) is 2.14. The van der Waals surface area contributed by atoms with Crippen molar-refractivity contribution in [3.8, 4) is 0 Å². The summed E-state index contributed by atoms with van der Waals surface area (Å²) in [6.07, 6.45) is 0. The number of hydrogen-bond acceptors (Lipinski definition) is 3. The predicted molar refractivity (Wildman–Crippen MR) is 83.4 cm³/mol. The van der Waals surface area contributed by atoms with Crippen LogP contribution in [0.5, 0.6) is 0 Å². The van der Waals surface area contributed by atoms with E-state index in [1.54, 1.807) is 26.0 Å². The summed E-state index contributed by atoms with van der Waals surface area (Å²) in [5.74, 6) is -1.03. The molecule has 3 nitrogen and oxygen atoms in total. The largest absolute Gasteiger partial charge is 0.397 e. The van der Waals surface area contributed by atoms with Gasteiger partial charge in [0.15, 0.2) is 5.82 Å². The standard InChI is InChI=1S/C15H16ClF2N3/c1-7-3-4-9(5-10(7)17)8(2)21-15-12(20)6-11(19)13(16)14(15)18/h3-6,8,21H,19-20H2,1-2H3. The van der Waals surface area contributed by atoms with E-state index in [4.69, 9.17) is 23.1 Å². The Bertz CT molecular complexity index is 689. The molecule has 112 valence electrons. The van der Waals surface area contributed by atoms with Crippen molar-refractivity contribution < 1.29 is 8.78 Å². The van der Waals surface area contributed by atoms with Crippen LogP contribution in [0.4, 0.5) is 25.8 Å². The van der Waals surface area contributed by atoms with Gasteiger partial charge in [0.2, 0.25) is 0 Å². The number of halogens is 3. The first-order valence-corrected chi connectivity index (χ1v) is 6.74.